The fourth-order valence-corrected chi connectivity index (χ4v) is 3.17. The van der Waals surface area contributed by atoms with Crippen LogP contribution in [0.5, 0.6) is 0 Å². The van der Waals surface area contributed by atoms with E-state index >= 15 is 0 Å². The van der Waals surface area contributed by atoms with Crippen molar-refractivity contribution in [3.05, 3.63) is 42.1 Å². The first kappa shape index (κ1) is 18.6. The number of likely N-dealkylation sites (N-methyl/N-ethyl adjacent to an activating group) is 1. The van der Waals surface area contributed by atoms with Crippen molar-refractivity contribution in [2.45, 2.75) is 31.8 Å². The van der Waals surface area contributed by atoms with Gasteiger partial charge in [0.05, 0.1) is 12.3 Å². The van der Waals surface area contributed by atoms with Crippen molar-refractivity contribution in [3.8, 4) is 11.3 Å². The summed E-state index contributed by atoms with van der Waals surface area (Å²) in [5, 5.41) is 10.7. The van der Waals surface area contributed by atoms with E-state index in [0.29, 0.717) is 13.2 Å². The van der Waals surface area contributed by atoms with E-state index in [2.05, 4.69) is 33.7 Å². The molecule has 1 aromatic carbocycles. The molecule has 0 spiro atoms. The molecule has 1 fully saturated rings. The Hall–Kier alpha value is -2.18. The molecule has 0 radical (unpaired) electrons. The molecule has 140 valence electrons. The molecule has 2 N–H and O–H groups in total. The highest BCUT2D eigenvalue weighted by Gasteiger charge is 2.24. The Bertz CT molecular complexity index is 680. The van der Waals surface area contributed by atoms with Gasteiger partial charge >= 0.3 is 0 Å². The number of aromatic nitrogens is 2. The van der Waals surface area contributed by atoms with Crippen molar-refractivity contribution in [2.75, 3.05) is 33.3 Å². The average Bonchev–Trinajstić information content (AvgIpc) is 3.17. The monoisotopic (exact) mass is 356 g/mol. The number of rotatable bonds is 8. The van der Waals surface area contributed by atoms with Crippen LogP contribution in [0, 0.1) is 0 Å². The lowest BCUT2D eigenvalue weighted by Gasteiger charge is -2.27. The van der Waals surface area contributed by atoms with Gasteiger partial charge < -0.3 is 15.0 Å². The van der Waals surface area contributed by atoms with Crippen LogP contribution in [0.3, 0.4) is 0 Å². The number of carbonyl (C=O) groups is 1. The van der Waals surface area contributed by atoms with Gasteiger partial charge in [0.1, 0.15) is 6.10 Å². The van der Waals surface area contributed by atoms with E-state index in [1.54, 1.807) is 4.90 Å². The molecule has 1 unspecified atom stereocenters. The summed E-state index contributed by atoms with van der Waals surface area (Å²) in [7, 11) is 1.86. The Balaban J connectivity index is 1.34. The molecule has 3 rings (SSSR count). The quantitative estimate of drug-likeness (QED) is 0.712. The molecule has 26 heavy (non-hydrogen) atoms. The van der Waals surface area contributed by atoms with E-state index < -0.39 is 0 Å². The van der Waals surface area contributed by atoms with Crippen molar-refractivity contribution in [1.82, 2.24) is 20.4 Å². The normalized spacial score (nSPS) is 17.2. The van der Waals surface area contributed by atoms with Gasteiger partial charge in [-0.15, -0.1) is 0 Å². The Kier molecular flexibility index (Phi) is 6.80. The summed E-state index contributed by atoms with van der Waals surface area (Å²) >= 11 is 0. The lowest BCUT2D eigenvalue weighted by molar-refractivity contribution is -0.143. The van der Waals surface area contributed by atoms with E-state index in [-0.39, 0.29) is 12.0 Å². The van der Waals surface area contributed by atoms with E-state index in [1.165, 1.54) is 0 Å². The Labute approximate surface area is 154 Å². The maximum atomic E-state index is 12.3. The van der Waals surface area contributed by atoms with Gasteiger partial charge in [-0.3, -0.25) is 9.89 Å². The fourth-order valence-electron chi connectivity index (χ4n) is 3.17. The van der Waals surface area contributed by atoms with Gasteiger partial charge in [-0.2, -0.15) is 5.10 Å². The van der Waals surface area contributed by atoms with Gasteiger partial charge in [0.2, 0.25) is 0 Å². The van der Waals surface area contributed by atoms with Crippen LogP contribution in [0.1, 0.15) is 25.0 Å². The third-order valence-corrected chi connectivity index (χ3v) is 4.72. The van der Waals surface area contributed by atoms with Crippen molar-refractivity contribution < 1.29 is 9.53 Å². The van der Waals surface area contributed by atoms with E-state index in [9.17, 15) is 4.79 Å². The van der Waals surface area contributed by atoms with E-state index in [1.807, 2.05) is 25.2 Å². The third-order valence-electron chi connectivity index (χ3n) is 4.72. The van der Waals surface area contributed by atoms with Crippen LogP contribution in [0.25, 0.3) is 11.3 Å². The minimum Gasteiger partial charge on any atom is -0.366 e. The Morgan fingerprint density at radius 3 is 2.88 bits per heavy atom. The number of H-pyrrole nitrogens is 1. The minimum atomic E-state index is -0.324. The summed E-state index contributed by atoms with van der Waals surface area (Å²) in [4.78, 5) is 14.1. The number of benzene rings is 1. The predicted octanol–water partition coefficient (Wildman–Crippen LogP) is 2.24. The van der Waals surface area contributed by atoms with Gasteiger partial charge in [0.25, 0.3) is 5.91 Å². The van der Waals surface area contributed by atoms with Crippen molar-refractivity contribution in [2.24, 2.45) is 0 Å². The zero-order valence-electron chi connectivity index (χ0n) is 15.4. The van der Waals surface area contributed by atoms with Gasteiger partial charge in [-0.05, 0) is 25.3 Å². The molecule has 0 bridgehead atoms. The molecular weight excluding hydrogens is 328 g/mol. The number of unbranched alkanes of at least 4 members (excludes halogenated alkanes) is 2. The molecule has 2 aromatic rings. The molecule has 1 amide bonds. The molecular formula is C20H28N4O2. The molecule has 6 heteroatoms. The first-order chi connectivity index (χ1) is 12.7. The maximum absolute atomic E-state index is 12.3. The molecule has 1 aliphatic heterocycles. The second-order valence-electron chi connectivity index (χ2n) is 6.78. The standard InChI is InChI=1S/C20H28N4O2/c1-24(20(25)19-15-21-11-13-26-19)12-7-3-6-10-17-14-18(23-22-17)16-8-4-2-5-9-16/h2,4-5,8-9,14,19,21H,3,6-7,10-13,15H2,1H3,(H,22,23). The average molecular weight is 356 g/mol. The minimum absolute atomic E-state index is 0.0817. The topological polar surface area (TPSA) is 70.2 Å². The highest BCUT2D eigenvalue weighted by atomic mass is 16.5. The van der Waals surface area contributed by atoms with Gasteiger partial charge in [-0.25, -0.2) is 0 Å². The zero-order valence-corrected chi connectivity index (χ0v) is 15.4. The predicted molar refractivity (Wildman–Crippen MR) is 102 cm³/mol. The SMILES string of the molecule is CN(CCCCCc1cc(-c2ccccc2)n[nH]1)C(=O)C1CNCCO1. The van der Waals surface area contributed by atoms with Gasteiger partial charge in [0, 0.05) is 37.9 Å². The molecule has 1 aromatic heterocycles. The molecule has 1 atom stereocenters. The number of ether oxygens (including phenoxy) is 1. The smallest absolute Gasteiger partial charge is 0.252 e. The number of amides is 1. The number of aromatic amines is 1. The molecule has 1 saturated heterocycles. The van der Waals surface area contributed by atoms with Crippen LogP contribution in [-0.2, 0) is 16.0 Å². The number of aryl methyl sites for hydroxylation is 1. The van der Waals surface area contributed by atoms with Crippen LogP contribution < -0.4 is 5.32 Å². The second kappa shape index (κ2) is 9.50. The summed E-state index contributed by atoms with van der Waals surface area (Å²) in [6, 6.07) is 12.3. The summed E-state index contributed by atoms with van der Waals surface area (Å²) in [5.41, 5.74) is 3.29. The van der Waals surface area contributed by atoms with Gasteiger partial charge in [-0.1, -0.05) is 36.8 Å². The van der Waals surface area contributed by atoms with Crippen LogP contribution in [0.2, 0.25) is 0 Å². The summed E-state index contributed by atoms with van der Waals surface area (Å²) in [6.07, 6.45) is 3.83. The first-order valence-corrected chi connectivity index (χ1v) is 9.41. The second-order valence-corrected chi connectivity index (χ2v) is 6.78. The van der Waals surface area contributed by atoms with Crippen LogP contribution >= 0.6 is 0 Å². The van der Waals surface area contributed by atoms with Crippen LogP contribution in [-0.4, -0.2) is 60.4 Å². The number of morpholine rings is 1. The number of carbonyl (C=O) groups excluding carboxylic acids is 1. The molecule has 2 heterocycles. The maximum Gasteiger partial charge on any atom is 0.252 e. The highest BCUT2D eigenvalue weighted by molar-refractivity contribution is 5.81. The van der Waals surface area contributed by atoms with Crippen LogP contribution in [0.15, 0.2) is 36.4 Å². The lowest BCUT2D eigenvalue weighted by atomic mass is 10.1. The largest absolute Gasteiger partial charge is 0.366 e. The highest BCUT2D eigenvalue weighted by Crippen LogP contribution is 2.18. The van der Waals surface area contributed by atoms with Crippen molar-refractivity contribution >= 4 is 5.91 Å². The van der Waals surface area contributed by atoms with Gasteiger partial charge in [0.15, 0.2) is 0 Å². The molecule has 0 saturated carbocycles. The lowest BCUT2D eigenvalue weighted by Crippen LogP contribution is -2.48. The summed E-state index contributed by atoms with van der Waals surface area (Å²) in [6.45, 7) is 2.83. The molecule has 6 nitrogen and oxygen atoms in total. The zero-order chi connectivity index (χ0) is 18.2. The van der Waals surface area contributed by atoms with Crippen molar-refractivity contribution in [3.63, 3.8) is 0 Å². The van der Waals surface area contributed by atoms with E-state index in [0.717, 1.165) is 55.7 Å². The Morgan fingerprint density at radius 1 is 1.27 bits per heavy atom. The summed E-state index contributed by atoms with van der Waals surface area (Å²) in [5.74, 6) is 0.0817. The number of nitrogens with one attached hydrogen (secondary N) is 2. The fraction of sp³-hybridized carbons (Fsp3) is 0.500. The third kappa shape index (κ3) is 5.16. The Morgan fingerprint density at radius 2 is 2.12 bits per heavy atom. The summed E-state index contributed by atoms with van der Waals surface area (Å²) < 4.78 is 5.52. The number of hydrogen-bond acceptors (Lipinski definition) is 4. The van der Waals surface area contributed by atoms with Crippen molar-refractivity contribution in [1.29, 1.82) is 0 Å². The number of hydrogen-bond donors (Lipinski definition) is 2. The van der Waals surface area contributed by atoms with Crippen LogP contribution in [0.4, 0.5) is 0 Å². The number of nitrogens with zero attached hydrogens (tertiary/aromatic N) is 2. The molecule has 0 aliphatic carbocycles. The molecule has 1 aliphatic rings. The first-order valence-electron chi connectivity index (χ1n) is 9.41. The van der Waals surface area contributed by atoms with E-state index in [4.69, 9.17) is 4.74 Å².